The van der Waals surface area contributed by atoms with E-state index in [0.29, 0.717) is 13.0 Å². The van der Waals surface area contributed by atoms with Gasteiger partial charge in [-0.25, -0.2) is 4.98 Å². The lowest BCUT2D eigenvalue weighted by Crippen LogP contribution is -2.24. The first-order valence-corrected chi connectivity index (χ1v) is 7.59. The van der Waals surface area contributed by atoms with Crippen molar-refractivity contribution in [2.24, 2.45) is 0 Å². The quantitative estimate of drug-likeness (QED) is 0.762. The number of hydrogen-bond acceptors (Lipinski definition) is 2. The van der Waals surface area contributed by atoms with Crippen LogP contribution < -0.4 is 5.32 Å². The summed E-state index contributed by atoms with van der Waals surface area (Å²) < 4.78 is 2.01. The smallest absolute Gasteiger partial charge is 0.220 e. The number of aryl methyl sites for hydroxylation is 2. The Kier molecular flexibility index (Phi) is 6.28. The minimum absolute atomic E-state index is 0.120. The number of imidazole rings is 1. The molecule has 0 radical (unpaired) electrons. The van der Waals surface area contributed by atoms with Crippen LogP contribution in [0.5, 0.6) is 0 Å². The summed E-state index contributed by atoms with van der Waals surface area (Å²) in [6, 6.07) is 7.77. The molecule has 1 amide bonds. The first kappa shape index (κ1) is 15.6. The zero-order valence-electron chi connectivity index (χ0n) is 12.0. The van der Waals surface area contributed by atoms with Gasteiger partial charge in [-0.3, -0.25) is 4.79 Å². The van der Waals surface area contributed by atoms with Gasteiger partial charge in [0.1, 0.15) is 0 Å². The number of hydrogen-bond donors (Lipinski definition) is 1. The molecule has 1 aromatic heterocycles. The third-order valence-corrected chi connectivity index (χ3v) is 3.51. The molecule has 2 rings (SSSR count). The summed E-state index contributed by atoms with van der Waals surface area (Å²) in [4.78, 5) is 15.7. The SMILES string of the molecule is O=C(CCCc1ccc(Cl)cc1)NCCCn1ccnc1. The van der Waals surface area contributed by atoms with Gasteiger partial charge in [0.25, 0.3) is 0 Å². The van der Waals surface area contributed by atoms with Gasteiger partial charge < -0.3 is 9.88 Å². The number of nitrogens with zero attached hydrogens (tertiary/aromatic N) is 2. The lowest BCUT2D eigenvalue weighted by Gasteiger charge is -2.06. The van der Waals surface area contributed by atoms with Gasteiger partial charge in [0.05, 0.1) is 6.33 Å². The van der Waals surface area contributed by atoms with Crippen LogP contribution in [0.25, 0.3) is 0 Å². The topological polar surface area (TPSA) is 46.9 Å². The Labute approximate surface area is 130 Å². The standard InChI is InChI=1S/C16H20ClN3O/c17-15-7-5-14(6-8-15)3-1-4-16(21)19-9-2-11-20-12-10-18-13-20/h5-8,10,12-13H,1-4,9,11H2,(H,19,21). The summed E-state index contributed by atoms with van der Waals surface area (Å²) in [5.41, 5.74) is 1.22. The van der Waals surface area contributed by atoms with Crippen molar-refractivity contribution >= 4 is 17.5 Å². The van der Waals surface area contributed by atoms with Crippen LogP contribution in [0.4, 0.5) is 0 Å². The molecule has 1 N–H and O–H groups in total. The number of halogens is 1. The van der Waals surface area contributed by atoms with Gasteiger partial charge in [0.2, 0.25) is 5.91 Å². The lowest BCUT2D eigenvalue weighted by atomic mass is 10.1. The Morgan fingerprint density at radius 3 is 2.76 bits per heavy atom. The largest absolute Gasteiger partial charge is 0.356 e. The van der Waals surface area contributed by atoms with Crippen LogP contribution >= 0.6 is 11.6 Å². The summed E-state index contributed by atoms with van der Waals surface area (Å²) in [5, 5.41) is 3.69. The molecule has 0 aliphatic rings. The van der Waals surface area contributed by atoms with Crippen molar-refractivity contribution in [2.75, 3.05) is 6.54 Å². The Hall–Kier alpha value is -1.81. The summed E-state index contributed by atoms with van der Waals surface area (Å²) in [6.45, 7) is 1.59. The highest BCUT2D eigenvalue weighted by Gasteiger charge is 2.01. The minimum atomic E-state index is 0.120. The Morgan fingerprint density at radius 1 is 1.24 bits per heavy atom. The predicted molar refractivity (Wildman–Crippen MR) is 84.2 cm³/mol. The van der Waals surface area contributed by atoms with E-state index in [1.54, 1.807) is 12.5 Å². The average molecular weight is 306 g/mol. The van der Waals surface area contributed by atoms with E-state index in [0.717, 1.165) is 30.8 Å². The Morgan fingerprint density at radius 2 is 2.05 bits per heavy atom. The van der Waals surface area contributed by atoms with E-state index in [2.05, 4.69) is 10.3 Å². The second kappa shape index (κ2) is 8.47. The molecule has 0 atom stereocenters. The second-order valence-corrected chi connectivity index (χ2v) is 5.42. The van der Waals surface area contributed by atoms with Gasteiger partial charge >= 0.3 is 0 Å². The van der Waals surface area contributed by atoms with Crippen LogP contribution in [0.3, 0.4) is 0 Å². The number of carbonyl (C=O) groups is 1. The van der Waals surface area contributed by atoms with E-state index >= 15 is 0 Å². The molecular weight excluding hydrogens is 286 g/mol. The highest BCUT2D eigenvalue weighted by Crippen LogP contribution is 2.11. The van der Waals surface area contributed by atoms with E-state index in [9.17, 15) is 4.79 Å². The normalized spacial score (nSPS) is 10.5. The predicted octanol–water partition coefficient (Wildman–Crippen LogP) is 3.07. The number of benzene rings is 1. The van der Waals surface area contributed by atoms with E-state index in [1.807, 2.05) is 35.0 Å². The number of carbonyl (C=O) groups excluding carboxylic acids is 1. The van der Waals surface area contributed by atoms with Crippen LogP contribution in [0.15, 0.2) is 43.0 Å². The maximum absolute atomic E-state index is 11.7. The number of amides is 1. The number of nitrogens with one attached hydrogen (secondary N) is 1. The third-order valence-electron chi connectivity index (χ3n) is 3.26. The van der Waals surface area contributed by atoms with Crippen LogP contribution in [0, 0.1) is 0 Å². The number of aromatic nitrogens is 2. The first-order valence-electron chi connectivity index (χ1n) is 7.21. The van der Waals surface area contributed by atoms with Crippen molar-refractivity contribution in [1.82, 2.24) is 14.9 Å². The van der Waals surface area contributed by atoms with E-state index < -0.39 is 0 Å². The van der Waals surface area contributed by atoms with Gasteiger partial charge in [-0.2, -0.15) is 0 Å². The molecule has 21 heavy (non-hydrogen) atoms. The maximum atomic E-state index is 11.7. The zero-order valence-corrected chi connectivity index (χ0v) is 12.7. The summed E-state index contributed by atoms with van der Waals surface area (Å²) in [7, 11) is 0. The minimum Gasteiger partial charge on any atom is -0.356 e. The van der Waals surface area contributed by atoms with Crippen molar-refractivity contribution in [3.63, 3.8) is 0 Å². The maximum Gasteiger partial charge on any atom is 0.220 e. The molecule has 1 heterocycles. The fourth-order valence-corrected chi connectivity index (χ4v) is 2.23. The molecule has 0 unspecified atom stereocenters. The highest BCUT2D eigenvalue weighted by molar-refractivity contribution is 6.30. The molecule has 0 aliphatic carbocycles. The molecule has 0 saturated heterocycles. The highest BCUT2D eigenvalue weighted by atomic mass is 35.5. The van der Waals surface area contributed by atoms with Crippen molar-refractivity contribution in [2.45, 2.75) is 32.2 Å². The molecule has 0 spiro atoms. The second-order valence-electron chi connectivity index (χ2n) is 4.98. The van der Waals surface area contributed by atoms with Gasteiger partial charge in [0, 0.05) is 36.9 Å². The molecule has 0 fully saturated rings. The Balaban J connectivity index is 1.54. The van der Waals surface area contributed by atoms with Crippen molar-refractivity contribution in [1.29, 1.82) is 0 Å². The van der Waals surface area contributed by atoms with Crippen LogP contribution in [-0.4, -0.2) is 22.0 Å². The van der Waals surface area contributed by atoms with Crippen molar-refractivity contribution in [3.05, 3.63) is 53.6 Å². The molecular formula is C16H20ClN3O. The summed E-state index contributed by atoms with van der Waals surface area (Å²) >= 11 is 5.83. The summed E-state index contributed by atoms with van der Waals surface area (Å²) in [5.74, 6) is 0.120. The van der Waals surface area contributed by atoms with Crippen molar-refractivity contribution < 1.29 is 4.79 Å². The molecule has 0 aliphatic heterocycles. The molecule has 112 valence electrons. The zero-order chi connectivity index (χ0) is 14.9. The molecule has 5 heteroatoms. The molecule has 4 nitrogen and oxygen atoms in total. The van der Waals surface area contributed by atoms with E-state index in [1.165, 1.54) is 5.56 Å². The fraction of sp³-hybridized carbons (Fsp3) is 0.375. The van der Waals surface area contributed by atoms with Crippen LogP contribution in [0.2, 0.25) is 5.02 Å². The summed E-state index contributed by atoms with van der Waals surface area (Å²) in [6.07, 6.45) is 8.71. The van der Waals surface area contributed by atoms with Crippen molar-refractivity contribution in [3.8, 4) is 0 Å². The van der Waals surface area contributed by atoms with Crippen LogP contribution in [-0.2, 0) is 17.8 Å². The molecule has 1 aromatic carbocycles. The molecule has 0 bridgehead atoms. The fourth-order valence-electron chi connectivity index (χ4n) is 2.10. The van der Waals surface area contributed by atoms with E-state index in [4.69, 9.17) is 11.6 Å². The molecule has 2 aromatic rings. The van der Waals surface area contributed by atoms with Gasteiger partial charge in [-0.05, 0) is 37.0 Å². The van der Waals surface area contributed by atoms with E-state index in [-0.39, 0.29) is 5.91 Å². The number of rotatable bonds is 8. The van der Waals surface area contributed by atoms with Gasteiger partial charge in [0.15, 0.2) is 0 Å². The molecule has 0 saturated carbocycles. The Bertz CT molecular complexity index is 537. The lowest BCUT2D eigenvalue weighted by molar-refractivity contribution is -0.121. The average Bonchev–Trinajstić information content (AvgIpc) is 2.99. The monoisotopic (exact) mass is 305 g/mol. The first-order chi connectivity index (χ1) is 10.2. The third kappa shape index (κ3) is 6.00. The van der Waals surface area contributed by atoms with Gasteiger partial charge in [-0.1, -0.05) is 23.7 Å². The van der Waals surface area contributed by atoms with Crippen LogP contribution in [0.1, 0.15) is 24.8 Å². The van der Waals surface area contributed by atoms with Gasteiger partial charge in [-0.15, -0.1) is 0 Å².